The van der Waals surface area contributed by atoms with Gasteiger partial charge in [-0.3, -0.25) is 0 Å². The van der Waals surface area contributed by atoms with Crippen molar-refractivity contribution in [2.75, 3.05) is 24.8 Å². The Kier molecular flexibility index (Phi) is 4.44. The molecule has 1 aromatic carbocycles. The van der Waals surface area contributed by atoms with Crippen molar-refractivity contribution >= 4 is 44.9 Å². The van der Waals surface area contributed by atoms with Crippen LogP contribution in [0.15, 0.2) is 29.0 Å². The fourth-order valence-corrected chi connectivity index (χ4v) is 1.97. The first-order chi connectivity index (χ1) is 9.15. The van der Waals surface area contributed by atoms with Crippen molar-refractivity contribution in [2.45, 2.75) is 0 Å². The standard InChI is InChI=1S/C12H12BrClN4O/c1-15-11-10(19-2)12(17-6-16-11)18-7-3-4-8(13)9(14)5-7/h3-6H,1-2H3,(H2,15,16,17,18). The van der Waals surface area contributed by atoms with E-state index in [1.165, 1.54) is 6.33 Å². The Morgan fingerprint density at radius 1 is 1.26 bits per heavy atom. The predicted molar refractivity (Wildman–Crippen MR) is 80.6 cm³/mol. The Labute approximate surface area is 124 Å². The highest BCUT2D eigenvalue weighted by Gasteiger charge is 2.11. The number of ether oxygens (including phenoxy) is 1. The summed E-state index contributed by atoms with van der Waals surface area (Å²) in [6, 6.07) is 5.54. The Hall–Kier alpha value is -1.53. The van der Waals surface area contributed by atoms with Crippen LogP contribution in [0.4, 0.5) is 17.3 Å². The Morgan fingerprint density at radius 3 is 2.63 bits per heavy atom. The third-order valence-corrected chi connectivity index (χ3v) is 3.66. The molecule has 0 saturated heterocycles. The van der Waals surface area contributed by atoms with Crippen molar-refractivity contribution in [3.63, 3.8) is 0 Å². The average Bonchev–Trinajstić information content (AvgIpc) is 2.42. The van der Waals surface area contributed by atoms with Gasteiger partial charge in [-0.1, -0.05) is 11.6 Å². The van der Waals surface area contributed by atoms with Gasteiger partial charge in [0.25, 0.3) is 0 Å². The van der Waals surface area contributed by atoms with Crippen LogP contribution in [0.1, 0.15) is 0 Å². The van der Waals surface area contributed by atoms with E-state index in [2.05, 4.69) is 36.5 Å². The fourth-order valence-electron chi connectivity index (χ4n) is 1.54. The fraction of sp³-hybridized carbons (Fsp3) is 0.167. The molecule has 5 nitrogen and oxygen atoms in total. The first kappa shape index (κ1) is 13.9. The van der Waals surface area contributed by atoms with Crippen molar-refractivity contribution in [3.8, 4) is 5.75 Å². The van der Waals surface area contributed by atoms with Gasteiger partial charge in [-0.15, -0.1) is 0 Å². The number of halogens is 2. The average molecular weight is 344 g/mol. The molecule has 2 N–H and O–H groups in total. The molecule has 0 aliphatic heterocycles. The van der Waals surface area contributed by atoms with Gasteiger partial charge in [0.2, 0.25) is 5.75 Å². The number of hydrogen-bond donors (Lipinski definition) is 2. The lowest BCUT2D eigenvalue weighted by molar-refractivity contribution is 0.415. The molecule has 1 heterocycles. The summed E-state index contributed by atoms with van der Waals surface area (Å²) >= 11 is 9.39. The second-order valence-corrected chi connectivity index (χ2v) is 4.87. The lowest BCUT2D eigenvalue weighted by Gasteiger charge is -2.13. The first-order valence-electron chi connectivity index (χ1n) is 5.44. The van der Waals surface area contributed by atoms with Crippen LogP contribution in [0.25, 0.3) is 0 Å². The summed E-state index contributed by atoms with van der Waals surface area (Å²) in [4.78, 5) is 8.24. The highest BCUT2D eigenvalue weighted by Crippen LogP contribution is 2.32. The van der Waals surface area contributed by atoms with Gasteiger partial charge in [-0.25, -0.2) is 9.97 Å². The number of nitrogens with zero attached hydrogens (tertiary/aromatic N) is 2. The van der Waals surface area contributed by atoms with E-state index in [0.29, 0.717) is 22.4 Å². The quantitative estimate of drug-likeness (QED) is 0.886. The van der Waals surface area contributed by atoms with Gasteiger partial charge in [-0.2, -0.15) is 0 Å². The molecule has 100 valence electrons. The van der Waals surface area contributed by atoms with Gasteiger partial charge < -0.3 is 15.4 Å². The summed E-state index contributed by atoms with van der Waals surface area (Å²) in [5, 5.41) is 6.71. The Balaban J connectivity index is 2.35. The van der Waals surface area contributed by atoms with Gasteiger partial charge >= 0.3 is 0 Å². The molecule has 19 heavy (non-hydrogen) atoms. The summed E-state index contributed by atoms with van der Waals surface area (Å²) in [6.45, 7) is 0. The zero-order chi connectivity index (χ0) is 13.8. The van der Waals surface area contributed by atoms with Crippen LogP contribution < -0.4 is 15.4 Å². The molecule has 0 fully saturated rings. The molecule has 0 atom stereocenters. The van der Waals surface area contributed by atoms with Gasteiger partial charge in [0.1, 0.15) is 6.33 Å². The third-order valence-electron chi connectivity index (χ3n) is 2.43. The third kappa shape index (κ3) is 3.08. The van der Waals surface area contributed by atoms with Gasteiger partial charge in [0.15, 0.2) is 11.6 Å². The SMILES string of the molecule is CNc1ncnc(Nc2ccc(Br)c(Cl)c2)c1OC. The van der Waals surface area contributed by atoms with Crippen molar-refractivity contribution < 1.29 is 4.74 Å². The molecule has 1 aromatic heterocycles. The maximum Gasteiger partial charge on any atom is 0.204 e. The summed E-state index contributed by atoms with van der Waals surface area (Å²) in [5.74, 6) is 1.73. The topological polar surface area (TPSA) is 59.1 Å². The van der Waals surface area contributed by atoms with Crippen molar-refractivity contribution in [2.24, 2.45) is 0 Å². The molecular formula is C12H12BrClN4O. The molecule has 0 amide bonds. The molecule has 0 radical (unpaired) electrons. The molecule has 0 bridgehead atoms. The zero-order valence-corrected chi connectivity index (χ0v) is 12.7. The van der Waals surface area contributed by atoms with Crippen LogP contribution in [-0.4, -0.2) is 24.1 Å². The lowest BCUT2D eigenvalue weighted by atomic mass is 10.3. The van der Waals surface area contributed by atoms with Crippen LogP contribution in [0.5, 0.6) is 5.75 Å². The minimum absolute atomic E-state index is 0.545. The number of methoxy groups -OCH3 is 1. The van der Waals surface area contributed by atoms with E-state index in [1.807, 2.05) is 12.1 Å². The van der Waals surface area contributed by atoms with E-state index in [0.717, 1.165) is 10.2 Å². The van der Waals surface area contributed by atoms with Gasteiger partial charge in [0.05, 0.1) is 12.1 Å². The summed E-state index contributed by atoms with van der Waals surface area (Å²) in [6.07, 6.45) is 1.46. The minimum atomic E-state index is 0.545. The number of benzene rings is 1. The monoisotopic (exact) mass is 342 g/mol. The number of hydrogen-bond acceptors (Lipinski definition) is 5. The van der Waals surface area contributed by atoms with E-state index >= 15 is 0 Å². The summed E-state index contributed by atoms with van der Waals surface area (Å²) in [7, 11) is 3.34. The molecule has 2 aromatic rings. The van der Waals surface area contributed by atoms with E-state index in [-0.39, 0.29) is 0 Å². The van der Waals surface area contributed by atoms with Crippen LogP contribution in [0.2, 0.25) is 5.02 Å². The van der Waals surface area contributed by atoms with Crippen molar-refractivity contribution in [3.05, 3.63) is 34.0 Å². The number of aromatic nitrogens is 2. The van der Waals surface area contributed by atoms with Gasteiger partial charge in [0, 0.05) is 17.2 Å². The lowest BCUT2D eigenvalue weighted by Crippen LogP contribution is -2.03. The van der Waals surface area contributed by atoms with E-state index in [9.17, 15) is 0 Å². The second-order valence-electron chi connectivity index (χ2n) is 3.61. The molecule has 0 spiro atoms. The molecule has 0 aliphatic rings. The largest absolute Gasteiger partial charge is 0.490 e. The molecule has 0 saturated carbocycles. The van der Waals surface area contributed by atoms with Crippen LogP contribution in [0.3, 0.4) is 0 Å². The maximum absolute atomic E-state index is 6.05. The second kappa shape index (κ2) is 6.08. The van der Waals surface area contributed by atoms with E-state index in [1.54, 1.807) is 20.2 Å². The Bertz CT molecular complexity index is 594. The molecule has 0 unspecified atom stereocenters. The minimum Gasteiger partial charge on any atom is -0.490 e. The molecule has 2 rings (SSSR count). The van der Waals surface area contributed by atoms with Crippen molar-refractivity contribution in [1.29, 1.82) is 0 Å². The zero-order valence-electron chi connectivity index (χ0n) is 10.4. The van der Waals surface area contributed by atoms with E-state index in [4.69, 9.17) is 16.3 Å². The molecule has 0 aliphatic carbocycles. The summed E-state index contributed by atoms with van der Waals surface area (Å²) < 4.78 is 6.14. The molecule has 7 heteroatoms. The number of anilines is 3. The highest BCUT2D eigenvalue weighted by atomic mass is 79.9. The normalized spacial score (nSPS) is 10.1. The number of rotatable bonds is 4. The first-order valence-corrected chi connectivity index (χ1v) is 6.61. The summed E-state index contributed by atoms with van der Waals surface area (Å²) in [5.41, 5.74) is 0.812. The molecular weight excluding hydrogens is 332 g/mol. The predicted octanol–water partition coefficient (Wildman–Crippen LogP) is 3.69. The van der Waals surface area contributed by atoms with Crippen molar-refractivity contribution in [1.82, 2.24) is 9.97 Å². The highest BCUT2D eigenvalue weighted by molar-refractivity contribution is 9.10. The number of nitrogens with one attached hydrogen (secondary N) is 2. The maximum atomic E-state index is 6.05. The van der Waals surface area contributed by atoms with Crippen LogP contribution >= 0.6 is 27.5 Å². The van der Waals surface area contributed by atoms with Crippen LogP contribution in [-0.2, 0) is 0 Å². The Morgan fingerprint density at radius 2 is 2.00 bits per heavy atom. The van der Waals surface area contributed by atoms with E-state index < -0.39 is 0 Å². The van der Waals surface area contributed by atoms with Gasteiger partial charge in [-0.05, 0) is 34.1 Å². The smallest absolute Gasteiger partial charge is 0.204 e. The van der Waals surface area contributed by atoms with Crippen LogP contribution in [0, 0.1) is 0 Å².